The van der Waals surface area contributed by atoms with Gasteiger partial charge in [0.15, 0.2) is 5.75 Å². The van der Waals surface area contributed by atoms with Gasteiger partial charge in [-0.3, -0.25) is 4.68 Å². The molecule has 4 nitrogen and oxygen atoms in total. The molecule has 0 bridgehead atoms. The first-order chi connectivity index (χ1) is 6.36. The van der Waals surface area contributed by atoms with E-state index in [0.29, 0.717) is 6.61 Å². The Hall–Kier alpha value is -1.03. The molecule has 0 atom stereocenters. The first-order valence-electron chi connectivity index (χ1n) is 4.63. The number of hydrogen-bond donors (Lipinski definition) is 1. The van der Waals surface area contributed by atoms with Gasteiger partial charge in [-0.1, -0.05) is 0 Å². The SMILES string of the molecule is CCn1cc(OCCCCO)cn1. The topological polar surface area (TPSA) is 47.3 Å². The van der Waals surface area contributed by atoms with Crippen LogP contribution in [0.4, 0.5) is 0 Å². The maximum absolute atomic E-state index is 8.53. The number of rotatable bonds is 6. The number of nitrogens with zero attached hydrogens (tertiary/aromatic N) is 2. The summed E-state index contributed by atoms with van der Waals surface area (Å²) in [6.45, 7) is 3.77. The minimum absolute atomic E-state index is 0.234. The summed E-state index contributed by atoms with van der Waals surface area (Å²) < 4.78 is 7.22. The van der Waals surface area contributed by atoms with Crippen LogP contribution >= 0.6 is 0 Å². The van der Waals surface area contributed by atoms with Gasteiger partial charge in [-0.2, -0.15) is 5.10 Å². The molecule has 1 aromatic heterocycles. The lowest BCUT2D eigenvalue weighted by molar-refractivity contribution is 0.253. The normalized spacial score (nSPS) is 10.3. The van der Waals surface area contributed by atoms with Gasteiger partial charge in [0.25, 0.3) is 0 Å². The summed E-state index contributed by atoms with van der Waals surface area (Å²) in [4.78, 5) is 0. The number of aliphatic hydroxyl groups is 1. The second-order valence-electron chi connectivity index (χ2n) is 2.81. The Bertz CT molecular complexity index is 235. The summed E-state index contributed by atoms with van der Waals surface area (Å²) in [5.41, 5.74) is 0. The van der Waals surface area contributed by atoms with Gasteiger partial charge in [-0.15, -0.1) is 0 Å². The third-order valence-electron chi connectivity index (χ3n) is 1.75. The molecule has 0 radical (unpaired) electrons. The van der Waals surface area contributed by atoms with Crippen LogP contribution in [0.3, 0.4) is 0 Å². The second-order valence-corrected chi connectivity index (χ2v) is 2.81. The number of hydrogen-bond acceptors (Lipinski definition) is 3. The van der Waals surface area contributed by atoms with Gasteiger partial charge in [-0.05, 0) is 19.8 Å². The first-order valence-corrected chi connectivity index (χ1v) is 4.63. The quantitative estimate of drug-likeness (QED) is 0.672. The van der Waals surface area contributed by atoms with E-state index in [1.807, 2.05) is 17.8 Å². The Morgan fingerprint density at radius 1 is 1.54 bits per heavy atom. The summed E-state index contributed by atoms with van der Waals surface area (Å²) in [6, 6.07) is 0. The van der Waals surface area contributed by atoms with Crippen LogP contribution in [0.5, 0.6) is 5.75 Å². The summed E-state index contributed by atoms with van der Waals surface area (Å²) in [5, 5.41) is 12.6. The Morgan fingerprint density at radius 3 is 3.00 bits per heavy atom. The van der Waals surface area contributed by atoms with E-state index in [0.717, 1.165) is 25.1 Å². The van der Waals surface area contributed by atoms with E-state index in [1.54, 1.807) is 6.20 Å². The molecule has 0 spiro atoms. The van der Waals surface area contributed by atoms with Crippen molar-refractivity contribution in [3.8, 4) is 5.75 Å². The van der Waals surface area contributed by atoms with Gasteiger partial charge in [0.2, 0.25) is 0 Å². The van der Waals surface area contributed by atoms with Crippen LogP contribution in [0, 0.1) is 0 Å². The van der Waals surface area contributed by atoms with Gasteiger partial charge < -0.3 is 9.84 Å². The van der Waals surface area contributed by atoms with Gasteiger partial charge in [-0.25, -0.2) is 0 Å². The Morgan fingerprint density at radius 2 is 2.38 bits per heavy atom. The molecule has 0 amide bonds. The van der Waals surface area contributed by atoms with Crippen molar-refractivity contribution in [1.82, 2.24) is 9.78 Å². The maximum Gasteiger partial charge on any atom is 0.157 e. The zero-order chi connectivity index (χ0) is 9.52. The molecule has 1 rings (SSSR count). The summed E-state index contributed by atoms with van der Waals surface area (Å²) in [6.07, 6.45) is 5.26. The molecule has 1 aromatic rings. The van der Waals surface area contributed by atoms with E-state index >= 15 is 0 Å². The highest BCUT2D eigenvalue weighted by atomic mass is 16.5. The molecule has 0 fully saturated rings. The van der Waals surface area contributed by atoms with Crippen molar-refractivity contribution < 1.29 is 9.84 Å². The number of aliphatic hydroxyl groups excluding tert-OH is 1. The lowest BCUT2D eigenvalue weighted by Gasteiger charge is -2.00. The highest BCUT2D eigenvalue weighted by Gasteiger charge is 1.96. The van der Waals surface area contributed by atoms with Crippen molar-refractivity contribution in [2.45, 2.75) is 26.3 Å². The average molecular weight is 184 g/mol. The lowest BCUT2D eigenvalue weighted by Crippen LogP contribution is -1.98. The zero-order valence-electron chi connectivity index (χ0n) is 7.94. The van der Waals surface area contributed by atoms with Gasteiger partial charge in [0, 0.05) is 13.2 Å². The van der Waals surface area contributed by atoms with E-state index in [9.17, 15) is 0 Å². The van der Waals surface area contributed by atoms with Crippen LogP contribution < -0.4 is 4.74 Å². The fourth-order valence-corrected chi connectivity index (χ4v) is 0.996. The fourth-order valence-electron chi connectivity index (χ4n) is 0.996. The molecule has 0 aliphatic heterocycles. The number of aromatic nitrogens is 2. The molecule has 1 heterocycles. The van der Waals surface area contributed by atoms with Crippen molar-refractivity contribution >= 4 is 0 Å². The number of aryl methyl sites for hydroxylation is 1. The standard InChI is InChI=1S/C9H16N2O2/c1-2-11-8-9(7-10-11)13-6-4-3-5-12/h7-8,12H,2-6H2,1H3. The van der Waals surface area contributed by atoms with Crippen molar-refractivity contribution in [3.05, 3.63) is 12.4 Å². The lowest BCUT2D eigenvalue weighted by atomic mass is 10.3. The van der Waals surface area contributed by atoms with Gasteiger partial charge >= 0.3 is 0 Å². The van der Waals surface area contributed by atoms with E-state index < -0.39 is 0 Å². The molecule has 0 unspecified atom stereocenters. The smallest absolute Gasteiger partial charge is 0.157 e. The van der Waals surface area contributed by atoms with Crippen LogP contribution in [0.15, 0.2) is 12.4 Å². The van der Waals surface area contributed by atoms with Crippen LogP contribution in [0.2, 0.25) is 0 Å². The highest BCUT2D eigenvalue weighted by Crippen LogP contribution is 2.08. The van der Waals surface area contributed by atoms with Crippen LogP contribution in [0.25, 0.3) is 0 Å². The molecule has 0 aliphatic rings. The number of unbranched alkanes of at least 4 members (excludes halogenated alkanes) is 1. The third kappa shape index (κ3) is 3.46. The second kappa shape index (κ2) is 5.59. The van der Waals surface area contributed by atoms with E-state index in [-0.39, 0.29) is 6.61 Å². The van der Waals surface area contributed by atoms with Crippen LogP contribution in [0.1, 0.15) is 19.8 Å². The van der Waals surface area contributed by atoms with Gasteiger partial charge in [0.1, 0.15) is 0 Å². The van der Waals surface area contributed by atoms with Crippen molar-refractivity contribution in [2.75, 3.05) is 13.2 Å². The van der Waals surface area contributed by atoms with Crippen molar-refractivity contribution in [2.24, 2.45) is 0 Å². The fraction of sp³-hybridized carbons (Fsp3) is 0.667. The third-order valence-corrected chi connectivity index (χ3v) is 1.75. The number of ether oxygens (including phenoxy) is 1. The highest BCUT2D eigenvalue weighted by molar-refractivity contribution is 5.11. The molecule has 1 N–H and O–H groups in total. The maximum atomic E-state index is 8.53. The molecule has 0 aliphatic carbocycles. The Labute approximate surface area is 78.1 Å². The van der Waals surface area contributed by atoms with Crippen molar-refractivity contribution in [3.63, 3.8) is 0 Å². The molecule has 0 aromatic carbocycles. The first kappa shape index (κ1) is 10.1. The summed E-state index contributed by atoms with van der Waals surface area (Å²) >= 11 is 0. The largest absolute Gasteiger partial charge is 0.490 e. The van der Waals surface area contributed by atoms with Gasteiger partial charge in [0.05, 0.1) is 19.0 Å². The van der Waals surface area contributed by atoms with Crippen LogP contribution in [-0.2, 0) is 6.54 Å². The summed E-state index contributed by atoms with van der Waals surface area (Å²) in [7, 11) is 0. The molecule has 0 saturated heterocycles. The van der Waals surface area contributed by atoms with E-state index in [1.165, 1.54) is 0 Å². The minimum atomic E-state index is 0.234. The molecule has 0 saturated carbocycles. The Kier molecular flexibility index (Phi) is 4.32. The molecule has 13 heavy (non-hydrogen) atoms. The summed E-state index contributed by atoms with van der Waals surface area (Å²) in [5.74, 6) is 0.805. The Balaban J connectivity index is 2.20. The zero-order valence-corrected chi connectivity index (χ0v) is 7.94. The predicted octanol–water partition coefficient (Wildman–Crippen LogP) is 1.05. The van der Waals surface area contributed by atoms with E-state index in [2.05, 4.69) is 5.10 Å². The van der Waals surface area contributed by atoms with Crippen LogP contribution in [-0.4, -0.2) is 28.1 Å². The van der Waals surface area contributed by atoms with Crippen molar-refractivity contribution in [1.29, 1.82) is 0 Å². The average Bonchev–Trinajstić information content (AvgIpc) is 2.60. The molecular weight excluding hydrogens is 168 g/mol. The molecule has 74 valence electrons. The predicted molar refractivity (Wildman–Crippen MR) is 49.7 cm³/mol. The monoisotopic (exact) mass is 184 g/mol. The molecular formula is C9H16N2O2. The van der Waals surface area contributed by atoms with E-state index in [4.69, 9.17) is 9.84 Å². The molecule has 4 heteroatoms. The minimum Gasteiger partial charge on any atom is -0.490 e.